The fourth-order valence-corrected chi connectivity index (χ4v) is 2.77. The van der Waals surface area contributed by atoms with Crippen LogP contribution in [0.3, 0.4) is 0 Å². The normalized spacial score (nSPS) is 17.8. The second-order valence-corrected chi connectivity index (χ2v) is 5.01. The minimum absolute atomic E-state index is 0.461. The van der Waals surface area contributed by atoms with E-state index in [0.717, 1.165) is 11.5 Å². The first-order valence-electron chi connectivity index (χ1n) is 6.90. The van der Waals surface area contributed by atoms with E-state index in [0.29, 0.717) is 6.04 Å². The predicted octanol–water partition coefficient (Wildman–Crippen LogP) is 4.08. The molecule has 0 heterocycles. The second kappa shape index (κ2) is 5.45. The van der Waals surface area contributed by atoms with Gasteiger partial charge in [-0.1, -0.05) is 24.3 Å². The zero-order chi connectivity index (χ0) is 13.1. The summed E-state index contributed by atoms with van der Waals surface area (Å²) in [5.74, 6) is 1.81. The summed E-state index contributed by atoms with van der Waals surface area (Å²) in [5, 5.41) is 3.40. The summed E-state index contributed by atoms with van der Waals surface area (Å²) < 4.78 is 5.91. The van der Waals surface area contributed by atoms with Gasteiger partial charge in [0.05, 0.1) is 0 Å². The minimum Gasteiger partial charge on any atom is -0.457 e. The molecule has 3 rings (SSSR count). The van der Waals surface area contributed by atoms with E-state index in [4.69, 9.17) is 4.74 Å². The number of rotatable bonds is 3. The summed E-state index contributed by atoms with van der Waals surface area (Å²) in [6.45, 7) is 0. The number of nitrogens with one attached hydrogen (secondary N) is 1. The van der Waals surface area contributed by atoms with Gasteiger partial charge in [-0.05, 0) is 61.7 Å². The maximum atomic E-state index is 5.91. The first-order valence-corrected chi connectivity index (χ1v) is 6.90. The Bertz CT molecular complexity index is 550. The van der Waals surface area contributed by atoms with Crippen molar-refractivity contribution in [2.24, 2.45) is 0 Å². The number of hydrogen-bond donors (Lipinski definition) is 1. The molecular weight excluding hydrogens is 234 g/mol. The molecule has 0 bridgehead atoms. The van der Waals surface area contributed by atoms with E-state index in [9.17, 15) is 0 Å². The summed E-state index contributed by atoms with van der Waals surface area (Å²) in [7, 11) is 2.03. The van der Waals surface area contributed by atoms with Crippen molar-refractivity contribution in [1.29, 1.82) is 0 Å². The summed E-state index contributed by atoms with van der Waals surface area (Å²) in [6.07, 6.45) is 3.65. The quantitative estimate of drug-likeness (QED) is 0.890. The Morgan fingerprint density at radius 3 is 2.68 bits per heavy atom. The van der Waals surface area contributed by atoms with Crippen molar-refractivity contribution in [2.75, 3.05) is 7.05 Å². The maximum absolute atomic E-state index is 5.91. The van der Waals surface area contributed by atoms with Crippen LogP contribution in [0.1, 0.15) is 30.0 Å². The molecule has 0 saturated heterocycles. The molecule has 1 N–H and O–H groups in total. The average molecular weight is 253 g/mol. The number of benzene rings is 2. The van der Waals surface area contributed by atoms with E-state index in [-0.39, 0.29) is 0 Å². The van der Waals surface area contributed by atoms with Gasteiger partial charge >= 0.3 is 0 Å². The lowest BCUT2D eigenvalue weighted by molar-refractivity contribution is 0.468. The van der Waals surface area contributed by atoms with E-state index >= 15 is 0 Å². The van der Waals surface area contributed by atoms with Gasteiger partial charge in [-0.15, -0.1) is 0 Å². The van der Waals surface area contributed by atoms with Crippen molar-refractivity contribution in [1.82, 2.24) is 5.32 Å². The SMILES string of the molecule is CNC1CCCc2ccc(Oc3ccccc3)cc21. The molecule has 1 aliphatic carbocycles. The molecule has 1 unspecified atom stereocenters. The topological polar surface area (TPSA) is 21.3 Å². The lowest BCUT2D eigenvalue weighted by atomic mass is 9.87. The lowest BCUT2D eigenvalue weighted by Gasteiger charge is -2.25. The zero-order valence-corrected chi connectivity index (χ0v) is 11.2. The van der Waals surface area contributed by atoms with Crippen LogP contribution in [0.25, 0.3) is 0 Å². The van der Waals surface area contributed by atoms with Crippen LogP contribution in [0.2, 0.25) is 0 Å². The Balaban J connectivity index is 1.88. The van der Waals surface area contributed by atoms with Crippen LogP contribution in [0, 0.1) is 0 Å². The van der Waals surface area contributed by atoms with E-state index in [1.807, 2.05) is 37.4 Å². The second-order valence-electron chi connectivity index (χ2n) is 5.01. The molecule has 0 spiro atoms. The zero-order valence-electron chi connectivity index (χ0n) is 11.2. The predicted molar refractivity (Wildman–Crippen MR) is 77.7 cm³/mol. The van der Waals surface area contributed by atoms with Gasteiger partial charge in [0.25, 0.3) is 0 Å². The van der Waals surface area contributed by atoms with E-state index < -0.39 is 0 Å². The highest BCUT2D eigenvalue weighted by Crippen LogP contribution is 2.33. The number of fused-ring (bicyclic) bond motifs is 1. The Kier molecular flexibility index (Phi) is 3.51. The monoisotopic (exact) mass is 253 g/mol. The molecule has 0 fully saturated rings. The average Bonchev–Trinajstić information content (AvgIpc) is 2.47. The third kappa shape index (κ3) is 2.64. The molecule has 19 heavy (non-hydrogen) atoms. The van der Waals surface area contributed by atoms with E-state index in [2.05, 4.69) is 23.5 Å². The maximum Gasteiger partial charge on any atom is 0.127 e. The van der Waals surface area contributed by atoms with Crippen molar-refractivity contribution in [3.05, 3.63) is 59.7 Å². The Morgan fingerprint density at radius 1 is 1.05 bits per heavy atom. The molecule has 0 amide bonds. The van der Waals surface area contributed by atoms with Crippen molar-refractivity contribution < 1.29 is 4.74 Å². The summed E-state index contributed by atoms with van der Waals surface area (Å²) >= 11 is 0. The molecule has 0 saturated carbocycles. The van der Waals surface area contributed by atoms with E-state index in [1.54, 1.807) is 0 Å². The fraction of sp³-hybridized carbons (Fsp3) is 0.294. The molecule has 1 aliphatic rings. The van der Waals surface area contributed by atoms with Crippen LogP contribution in [-0.2, 0) is 6.42 Å². The summed E-state index contributed by atoms with van der Waals surface area (Å²) in [5.41, 5.74) is 2.84. The van der Waals surface area contributed by atoms with Gasteiger partial charge in [-0.3, -0.25) is 0 Å². The number of para-hydroxylation sites is 1. The van der Waals surface area contributed by atoms with Crippen LogP contribution in [0.4, 0.5) is 0 Å². The van der Waals surface area contributed by atoms with Gasteiger partial charge in [0.1, 0.15) is 11.5 Å². The highest BCUT2D eigenvalue weighted by Gasteiger charge is 2.19. The number of aryl methyl sites for hydroxylation is 1. The standard InChI is InChI=1S/C17H19NO/c1-18-17-9-5-6-13-10-11-15(12-16(13)17)19-14-7-3-2-4-8-14/h2-4,7-8,10-12,17-18H,5-6,9H2,1H3. The summed E-state index contributed by atoms with van der Waals surface area (Å²) in [6, 6.07) is 16.9. The molecule has 2 nitrogen and oxygen atoms in total. The largest absolute Gasteiger partial charge is 0.457 e. The fourth-order valence-electron chi connectivity index (χ4n) is 2.77. The highest BCUT2D eigenvalue weighted by atomic mass is 16.5. The highest BCUT2D eigenvalue weighted by molar-refractivity contribution is 5.41. The van der Waals surface area contributed by atoms with Gasteiger partial charge in [0.15, 0.2) is 0 Å². The van der Waals surface area contributed by atoms with Crippen LogP contribution in [0.5, 0.6) is 11.5 Å². The Labute approximate surface area is 114 Å². The van der Waals surface area contributed by atoms with Crippen molar-refractivity contribution >= 4 is 0 Å². The van der Waals surface area contributed by atoms with Gasteiger partial charge in [0.2, 0.25) is 0 Å². The van der Waals surface area contributed by atoms with Crippen LogP contribution < -0.4 is 10.1 Å². The third-order valence-electron chi connectivity index (χ3n) is 3.76. The lowest BCUT2D eigenvalue weighted by Crippen LogP contribution is -2.21. The van der Waals surface area contributed by atoms with Crippen molar-refractivity contribution in [3.8, 4) is 11.5 Å². The van der Waals surface area contributed by atoms with Crippen LogP contribution in [-0.4, -0.2) is 7.05 Å². The molecule has 2 heteroatoms. The minimum atomic E-state index is 0.461. The Morgan fingerprint density at radius 2 is 1.89 bits per heavy atom. The summed E-state index contributed by atoms with van der Waals surface area (Å²) in [4.78, 5) is 0. The van der Waals surface area contributed by atoms with Gasteiger partial charge in [0, 0.05) is 6.04 Å². The molecule has 0 radical (unpaired) electrons. The first-order chi connectivity index (χ1) is 9.36. The Hall–Kier alpha value is -1.80. The number of hydrogen-bond acceptors (Lipinski definition) is 2. The first kappa shape index (κ1) is 12.2. The van der Waals surface area contributed by atoms with Crippen LogP contribution >= 0.6 is 0 Å². The molecule has 2 aromatic carbocycles. The number of ether oxygens (including phenoxy) is 1. The third-order valence-corrected chi connectivity index (χ3v) is 3.76. The smallest absolute Gasteiger partial charge is 0.127 e. The van der Waals surface area contributed by atoms with Gasteiger partial charge < -0.3 is 10.1 Å². The van der Waals surface area contributed by atoms with Gasteiger partial charge in [-0.2, -0.15) is 0 Å². The molecule has 98 valence electrons. The van der Waals surface area contributed by atoms with Crippen molar-refractivity contribution in [2.45, 2.75) is 25.3 Å². The van der Waals surface area contributed by atoms with Crippen molar-refractivity contribution in [3.63, 3.8) is 0 Å². The molecule has 0 aromatic heterocycles. The molecule has 1 atom stereocenters. The van der Waals surface area contributed by atoms with Crippen LogP contribution in [0.15, 0.2) is 48.5 Å². The molecular formula is C17H19NO. The van der Waals surface area contributed by atoms with E-state index in [1.165, 1.54) is 30.4 Å². The molecule has 0 aliphatic heterocycles. The molecule has 2 aromatic rings. The van der Waals surface area contributed by atoms with Gasteiger partial charge in [-0.25, -0.2) is 0 Å².